The molecule has 6 heteroatoms. The highest BCUT2D eigenvalue weighted by Crippen LogP contribution is 2.41. The van der Waals surface area contributed by atoms with Gasteiger partial charge in [-0.3, -0.25) is 0 Å². The molecule has 0 saturated carbocycles. The maximum atomic E-state index is 15.1. The van der Waals surface area contributed by atoms with E-state index in [9.17, 15) is 0 Å². The molecule has 2 heterocycles. The second kappa shape index (κ2) is 12.3. The molecule has 0 fully saturated rings. The number of fused-ring (bicyclic) bond motifs is 1. The molecular weight excluding hydrogens is 607 g/mol. The molecule has 42 heavy (non-hydrogen) atoms. The van der Waals surface area contributed by atoms with Crippen molar-refractivity contribution in [2.75, 3.05) is 0 Å². The first-order valence-electron chi connectivity index (χ1n) is 14.0. The predicted molar refractivity (Wildman–Crippen MR) is 178 cm³/mol. The molecule has 0 aliphatic rings. The van der Waals surface area contributed by atoms with Crippen molar-refractivity contribution in [1.82, 2.24) is 9.97 Å². The third kappa shape index (κ3) is 6.23. The van der Waals surface area contributed by atoms with Gasteiger partial charge in [0, 0.05) is 55.0 Å². The fraction of sp³-hybridized carbons (Fsp3) is 0.250. The highest BCUT2D eigenvalue weighted by molar-refractivity contribution is 9.10. The lowest BCUT2D eigenvalue weighted by Gasteiger charge is -2.29. The Bertz CT molecular complexity index is 1780. The zero-order chi connectivity index (χ0) is 29.9. The van der Waals surface area contributed by atoms with Gasteiger partial charge in [0.05, 0.1) is 5.69 Å². The maximum Gasteiger partial charge on any atom is 0.170 e. The second-order valence-electron chi connectivity index (χ2n) is 11.5. The van der Waals surface area contributed by atoms with E-state index >= 15 is 4.39 Å². The van der Waals surface area contributed by atoms with E-state index in [0.29, 0.717) is 16.8 Å². The van der Waals surface area contributed by atoms with Crippen LogP contribution in [0.25, 0.3) is 27.6 Å². The van der Waals surface area contributed by atoms with Crippen molar-refractivity contribution in [1.29, 1.82) is 0 Å². The molecule has 0 bridgehead atoms. The number of halogens is 2. The summed E-state index contributed by atoms with van der Waals surface area (Å²) in [6, 6.07) is 19.5. The first-order chi connectivity index (χ1) is 20.1. The summed E-state index contributed by atoms with van der Waals surface area (Å²) in [7, 11) is 0. The van der Waals surface area contributed by atoms with E-state index in [1.54, 1.807) is 23.6 Å². The number of thiazole rings is 1. The molecule has 0 amide bonds. The molecule has 0 radical (unpaired) electrons. The Morgan fingerprint density at radius 1 is 1.10 bits per heavy atom. The summed E-state index contributed by atoms with van der Waals surface area (Å²) in [6.07, 6.45) is 13.1. The van der Waals surface area contributed by atoms with E-state index in [1.807, 2.05) is 36.4 Å². The van der Waals surface area contributed by atoms with Crippen LogP contribution in [0.4, 0.5) is 4.39 Å². The van der Waals surface area contributed by atoms with E-state index in [4.69, 9.17) is 16.1 Å². The molecule has 2 aromatic heterocycles. The van der Waals surface area contributed by atoms with E-state index < -0.39 is 5.82 Å². The Morgan fingerprint density at radius 2 is 1.88 bits per heavy atom. The summed E-state index contributed by atoms with van der Waals surface area (Å²) in [5, 5.41) is 3.90. The minimum atomic E-state index is -0.447. The number of hydrogen-bond acceptors (Lipinski definition) is 3. The topological polar surface area (TPSA) is 37.9 Å². The molecule has 0 aliphatic carbocycles. The second-order valence-corrected chi connectivity index (χ2v) is 13.3. The van der Waals surface area contributed by atoms with Crippen molar-refractivity contribution in [3.8, 4) is 34.4 Å². The summed E-state index contributed by atoms with van der Waals surface area (Å²) in [5.74, 6) is 3.16. The summed E-state index contributed by atoms with van der Waals surface area (Å²) in [4.78, 5) is 8.21. The number of terminal acetylenes is 1. The van der Waals surface area contributed by atoms with Crippen LogP contribution in [0.2, 0.25) is 0 Å². The summed E-state index contributed by atoms with van der Waals surface area (Å²) in [5.41, 5.74) is 4.10. The molecule has 0 spiro atoms. The van der Waals surface area contributed by atoms with Crippen molar-refractivity contribution in [3.63, 3.8) is 0 Å². The number of nitrogens with zero attached hydrogens (tertiary/aromatic N) is 1. The van der Waals surface area contributed by atoms with Gasteiger partial charge in [0.25, 0.3) is 0 Å². The molecule has 3 aromatic carbocycles. The van der Waals surface area contributed by atoms with E-state index in [-0.39, 0.29) is 16.6 Å². The Balaban J connectivity index is 1.43. The van der Waals surface area contributed by atoms with Gasteiger partial charge in [-0.05, 0) is 69.5 Å². The minimum Gasteiger partial charge on any atom is -0.454 e. The van der Waals surface area contributed by atoms with Crippen LogP contribution in [0.3, 0.4) is 0 Å². The quantitative estimate of drug-likeness (QED) is 0.115. The largest absolute Gasteiger partial charge is 0.454 e. The standard InChI is InChI=1S/C36H34BrFN2OS/c1-6-28-29-16-19-39-31(29)22-30(38)33(28)41-27-15-10-12-24(20-27)34-40-32(23-42-34)36(5,25-13-11-14-26(37)21-25)18-9-8-17-35(3,4)7-2/h2,6,10-16,19-23,39H,1,8-9,17-18H2,3-5H3. The molecule has 0 saturated heterocycles. The van der Waals surface area contributed by atoms with Gasteiger partial charge < -0.3 is 9.72 Å². The molecule has 214 valence electrons. The summed E-state index contributed by atoms with van der Waals surface area (Å²) >= 11 is 5.26. The molecule has 5 aromatic rings. The van der Waals surface area contributed by atoms with Gasteiger partial charge in [-0.25, -0.2) is 9.37 Å². The number of ether oxygens (including phenoxy) is 1. The molecule has 1 unspecified atom stereocenters. The number of hydrogen-bond donors (Lipinski definition) is 1. The molecular formula is C36H34BrFN2OS. The zero-order valence-corrected chi connectivity index (χ0v) is 26.5. The van der Waals surface area contributed by atoms with Gasteiger partial charge in [0.15, 0.2) is 11.6 Å². The van der Waals surface area contributed by atoms with Crippen LogP contribution < -0.4 is 4.74 Å². The van der Waals surface area contributed by atoms with Gasteiger partial charge in [0.1, 0.15) is 10.8 Å². The Labute approximate surface area is 260 Å². The molecule has 0 aliphatic heterocycles. The summed E-state index contributed by atoms with van der Waals surface area (Å²) in [6.45, 7) is 10.4. The number of aromatic amines is 1. The van der Waals surface area contributed by atoms with E-state index in [0.717, 1.165) is 51.8 Å². The minimum absolute atomic E-state index is 0.101. The highest BCUT2D eigenvalue weighted by atomic mass is 79.9. The lowest BCUT2D eigenvalue weighted by atomic mass is 9.75. The zero-order valence-electron chi connectivity index (χ0n) is 24.1. The van der Waals surface area contributed by atoms with Gasteiger partial charge in [0.2, 0.25) is 0 Å². The van der Waals surface area contributed by atoms with E-state index in [1.165, 1.54) is 11.6 Å². The SMILES string of the molecule is C#CC(C)(C)CCCCC(C)(c1cccc(Br)c1)c1csc(-c2cccc(Oc3c(F)cc4[nH]ccc4c3C=C)c2)n1. The maximum absolute atomic E-state index is 15.1. The third-order valence-electron chi connectivity index (χ3n) is 7.96. The van der Waals surface area contributed by atoms with Gasteiger partial charge >= 0.3 is 0 Å². The lowest BCUT2D eigenvalue weighted by molar-refractivity contribution is 0.401. The Kier molecular flexibility index (Phi) is 8.73. The van der Waals surface area contributed by atoms with Crippen molar-refractivity contribution in [3.05, 3.63) is 106 Å². The highest BCUT2D eigenvalue weighted by Gasteiger charge is 2.32. The van der Waals surface area contributed by atoms with Crippen LogP contribution in [0.5, 0.6) is 11.5 Å². The molecule has 3 nitrogen and oxygen atoms in total. The Hall–Kier alpha value is -3.66. The van der Waals surface area contributed by atoms with Crippen molar-refractivity contribution < 1.29 is 9.13 Å². The first-order valence-corrected chi connectivity index (χ1v) is 15.7. The number of aromatic nitrogens is 2. The number of H-pyrrole nitrogens is 1. The van der Waals surface area contributed by atoms with Crippen LogP contribution in [0.15, 0.2) is 83.3 Å². The fourth-order valence-electron chi connectivity index (χ4n) is 5.33. The normalized spacial score (nSPS) is 13.0. The summed E-state index contributed by atoms with van der Waals surface area (Å²) < 4.78 is 22.2. The number of benzene rings is 3. The van der Waals surface area contributed by atoms with Crippen molar-refractivity contribution in [2.24, 2.45) is 5.41 Å². The Morgan fingerprint density at radius 3 is 2.64 bits per heavy atom. The van der Waals surface area contributed by atoms with Crippen molar-refractivity contribution >= 4 is 44.2 Å². The van der Waals surface area contributed by atoms with Crippen LogP contribution in [0, 0.1) is 23.6 Å². The van der Waals surface area contributed by atoms with E-state index in [2.05, 4.69) is 77.8 Å². The van der Waals surface area contributed by atoms with Crippen LogP contribution in [-0.4, -0.2) is 9.97 Å². The number of unbranched alkanes of at least 4 members (excludes halogenated alkanes) is 1. The van der Waals surface area contributed by atoms with Gasteiger partial charge in [-0.15, -0.1) is 23.7 Å². The van der Waals surface area contributed by atoms with Gasteiger partial charge in [-0.2, -0.15) is 0 Å². The monoisotopic (exact) mass is 640 g/mol. The van der Waals surface area contributed by atoms with Crippen LogP contribution in [0.1, 0.15) is 63.3 Å². The van der Waals surface area contributed by atoms with Crippen LogP contribution in [-0.2, 0) is 5.41 Å². The fourth-order valence-corrected chi connectivity index (χ4v) is 6.68. The smallest absolute Gasteiger partial charge is 0.170 e. The molecule has 5 rings (SSSR count). The number of rotatable bonds is 11. The van der Waals surface area contributed by atoms with Crippen LogP contribution >= 0.6 is 27.3 Å². The third-order valence-corrected chi connectivity index (χ3v) is 9.34. The van der Waals surface area contributed by atoms with Gasteiger partial charge in [-0.1, -0.05) is 65.7 Å². The average molecular weight is 642 g/mol. The predicted octanol–water partition coefficient (Wildman–Crippen LogP) is 11.2. The molecule has 1 atom stereocenters. The lowest BCUT2D eigenvalue weighted by Crippen LogP contribution is -2.24. The number of nitrogens with one attached hydrogen (secondary N) is 1. The molecule has 1 N–H and O–H groups in total. The average Bonchev–Trinajstić information content (AvgIpc) is 3.66. The van der Waals surface area contributed by atoms with Crippen molar-refractivity contribution in [2.45, 2.75) is 51.9 Å². The first kappa shape index (κ1) is 29.8.